The van der Waals surface area contributed by atoms with Crippen molar-refractivity contribution in [3.8, 4) is 5.75 Å². The Morgan fingerprint density at radius 3 is 2.71 bits per heavy atom. The van der Waals surface area contributed by atoms with E-state index in [0.717, 1.165) is 16.3 Å². The summed E-state index contributed by atoms with van der Waals surface area (Å²) in [5.41, 5.74) is 0.850. The van der Waals surface area contributed by atoms with E-state index in [4.69, 9.17) is 10.1 Å². The van der Waals surface area contributed by atoms with Crippen molar-refractivity contribution in [3.05, 3.63) is 29.8 Å². The van der Waals surface area contributed by atoms with Crippen molar-refractivity contribution < 1.29 is 9.53 Å². The Balaban J connectivity index is 2.09. The van der Waals surface area contributed by atoms with E-state index in [-0.39, 0.29) is 11.1 Å². The number of nitrogens with zero attached hydrogens (tertiary/aromatic N) is 2. The Labute approximate surface area is 103 Å². The minimum Gasteiger partial charge on any atom is -0.497 e. The third kappa shape index (κ3) is 2.65. The Bertz CT molecular complexity index is 454. The molecular formula is C11H11N3O2S. The maximum absolute atomic E-state index is 11.3. The average molecular weight is 249 g/mol. The lowest BCUT2D eigenvalue weighted by molar-refractivity contribution is -0.124. The zero-order valence-electron chi connectivity index (χ0n) is 9.21. The van der Waals surface area contributed by atoms with Gasteiger partial charge in [-0.05, 0) is 29.8 Å². The molecule has 1 fully saturated rings. The molecule has 1 amide bonds. The van der Waals surface area contributed by atoms with E-state index in [1.54, 1.807) is 13.3 Å². The second-order valence-electron chi connectivity index (χ2n) is 3.32. The largest absolute Gasteiger partial charge is 0.497 e. The van der Waals surface area contributed by atoms with Gasteiger partial charge in [0.2, 0.25) is 0 Å². The second kappa shape index (κ2) is 5.01. The molecule has 1 heterocycles. The van der Waals surface area contributed by atoms with Crippen molar-refractivity contribution in [1.82, 2.24) is 5.01 Å². The fourth-order valence-corrected chi connectivity index (χ4v) is 1.95. The first-order chi connectivity index (χ1) is 8.20. The molecule has 0 aliphatic carbocycles. The number of hydrazone groups is 1. The summed E-state index contributed by atoms with van der Waals surface area (Å²) in [6.07, 6.45) is 1.55. The van der Waals surface area contributed by atoms with Crippen LogP contribution < -0.4 is 4.74 Å². The van der Waals surface area contributed by atoms with Crippen LogP contribution in [0.4, 0.5) is 0 Å². The molecular weight excluding hydrogens is 238 g/mol. The zero-order valence-corrected chi connectivity index (χ0v) is 10.0. The van der Waals surface area contributed by atoms with E-state index >= 15 is 0 Å². The van der Waals surface area contributed by atoms with E-state index in [1.807, 2.05) is 24.3 Å². The molecule has 0 spiro atoms. The van der Waals surface area contributed by atoms with Gasteiger partial charge in [0.05, 0.1) is 19.1 Å². The van der Waals surface area contributed by atoms with Gasteiger partial charge in [-0.15, -0.1) is 0 Å². The number of ether oxygens (including phenoxy) is 1. The van der Waals surface area contributed by atoms with Crippen LogP contribution >= 0.6 is 11.8 Å². The highest BCUT2D eigenvalue weighted by Crippen LogP contribution is 2.18. The van der Waals surface area contributed by atoms with E-state index in [0.29, 0.717) is 5.75 Å². The number of thioether (sulfide) groups is 1. The van der Waals surface area contributed by atoms with Crippen LogP contribution in [0.3, 0.4) is 0 Å². The van der Waals surface area contributed by atoms with Gasteiger partial charge >= 0.3 is 0 Å². The molecule has 0 radical (unpaired) electrons. The van der Waals surface area contributed by atoms with E-state index in [2.05, 4.69) is 5.10 Å². The predicted molar refractivity (Wildman–Crippen MR) is 67.6 cm³/mol. The number of amides is 1. The van der Waals surface area contributed by atoms with Gasteiger partial charge in [-0.3, -0.25) is 10.2 Å². The minimum absolute atomic E-state index is 0.162. The Morgan fingerprint density at radius 1 is 1.47 bits per heavy atom. The van der Waals surface area contributed by atoms with E-state index in [9.17, 15) is 4.79 Å². The van der Waals surface area contributed by atoms with Crippen LogP contribution in [-0.2, 0) is 4.79 Å². The number of hydrogen-bond acceptors (Lipinski definition) is 5. The fourth-order valence-electron chi connectivity index (χ4n) is 1.30. The Kier molecular flexibility index (Phi) is 3.43. The summed E-state index contributed by atoms with van der Waals surface area (Å²) in [7, 11) is 1.60. The number of nitrogens with one attached hydrogen (secondary N) is 1. The van der Waals surface area contributed by atoms with Crippen LogP contribution in [0.1, 0.15) is 5.56 Å². The number of hydrogen-bond donors (Lipinski definition) is 1. The Hall–Kier alpha value is -1.82. The maximum Gasteiger partial charge on any atom is 0.259 e. The summed E-state index contributed by atoms with van der Waals surface area (Å²) in [6.45, 7) is 0. The van der Waals surface area contributed by atoms with Crippen molar-refractivity contribution in [2.24, 2.45) is 5.10 Å². The smallest absolute Gasteiger partial charge is 0.259 e. The van der Waals surface area contributed by atoms with Gasteiger partial charge in [0.25, 0.3) is 5.91 Å². The van der Waals surface area contributed by atoms with E-state index in [1.165, 1.54) is 11.8 Å². The first-order valence-corrected chi connectivity index (χ1v) is 5.91. The van der Waals surface area contributed by atoms with Crippen molar-refractivity contribution in [3.63, 3.8) is 0 Å². The van der Waals surface area contributed by atoms with Crippen molar-refractivity contribution >= 4 is 29.1 Å². The molecule has 1 N–H and O–H groups in total. The Morgan fingerprint density at radius 2 is 2.18 bits per heavy atom. The average Bonchev–Trinajstić information content (AvgIpc) is 2.67. The molecule has 5 nitrogen and oxygen atoms in total. The normalized spacial score (nSPS) is 15.9. The van der Waals surface area contributed by atoms with Crippen LogP contribution in [0.2, 0.25) is 0 Å². The van der Waals surface area contributed by atoms with Crippen molar-refractivity contribution in [2.45, 2.75) is 0 Å². The van der Waals surface area contributed by atoms with Crippen LogP contribution in [0.5, 0.6) is 5.75 Å². The van der Waals surface area contributed by atoms with Gasteiger partial charge in [0.15, 0.2) is 5.17 Å². The predicted octanol–water partition coefficient (Wildman–Crippen LogP) is 1.54. The van der Waals surface area contributed by atoms with E-state index < -0.39 is 0 Å². The number of carbonyl (C=O) groups excluding carboxylic acids is 1. The molecule has 1 aliphatic rings. The standard InChI is InChI=1S/C11H11N3O2S/c1-16-9-4-2-8(3-5-9)6-13-14-10(15)7-17-11(14)12/h2-6,12H,7H2,1H3/b12-11?,13-6-. The van der Waals surface area contributed by atoms with Gasteiger partial charge in [-0.25, -0.2) is 0 Å². The number of amidine groups is 1. The third-order valence-electron chi connectivity index (χ3n) is 2.20. The molecule has 1 aliphatic heterocycles. The molecule has 1 saturated heterocycles. The van der Waals surface area contributed by atoms with Crippen molar-refractivity contribution in [1.29, 1.82) is 5.41 Å². The topological polar surface area (TPSA) is 65.8 Å². The molecule has 0 aromatic heterocycles. The van der Waals surface area contributed by atoms with Crippen LogP contribution in [0.25, 0.3) is 0 Å². The zero-order chi connectivity index (χ0) is 12.3. The molecule has 0 unspecified atom stereocenters. The summed E-state index contributed by atoms with van der Waals surface area (Å²) >= 11 is 1.18. The van der Waals surface area contributed by atoms with Crippen LogP contribution in [-0.4, -0.2) is 35.2 Å². The molecule has 0 bridgehead atoms. The molecule has 6 heteroatoms. The molecule has 2 rings (SSSR count). The monoisotopic (exact) mass is 249 g/mol. The molecule has 0 saturated carbocycles. The highest BCUT2D eigenvalue weighted by molar-refractivity contribution is 8.14. The molecule has 17 heavy (non-hydrogen) atoms. The van der Waals surface area contributed by atoms with Gasteiger partial charge in [-0.2, -0.15) is 10.1 Å². The lowest BCUT2D eigenvalue weighted by Crippen LogP contribution is -2.23. The van der Waals surface area contributed by atoms with Crippen LogP contribution in [0.15, 0.2) is 29.4 Å². The summed E-state index contributed by atoms with van der Waals surface area (Å²) < 4.78 is 5.03. The summed E-state index contributed by atoms with van der Waals surface area (Å²) in [5.74, 6) is 0.895. The fraction of sp³-hybridized carbons (Fsp3) is 0.182. The summed E-state index contributed by atoms with van der Waals surface area (Å²) in [4.78, 5) is 11.3. The minimum atomic E-state index is -0.162. The second-order valence-corrected chi connectivity index (χ2v) is 4.28. The van der Waals surface area contributed by atoms with Crippen molar-refractivity contribution in [2.75, 3.05) is 12.9 Å². The first kappa shape index (κ1) is 11.7. The molecule has 0 atom stereocenters. The lowest BCUT2D eigenvalue weighted by atomic mass is 10.2. The quantitative estimate of drug-likeness (QED) is 0.826. The number of methoxy groups -OCH3 is 1. The molecule has 88 valence electrons. The first-order valence-electron chi connectivity index (χ1n) is 4.93. The number of rotatable bonds is 3. The van der Waals surface area contributed by atoms with Gasteiger partial charge in [0.1, 0.15) is 5.75 Å². The lowest BCUT2D eigenvalue weighted by Gasteiger charge is -2.06. The molecule has 1 aromatic rings. The highest BCUT2D eigenvalue weighted by atomic mass is 32.2. The van der Waals surface area contributed by atoms with Gasteiger partial charge in [0, 0.05) is 0 Å². The highest BCUT2D eigenvalue weighted by Gasteiger charge is 2.26. The third-order valence-corrected chi connectivity index (χ3v) is 3.04. The van der Waals surface area contributed by atoms with Gasteiger partial charge in [-0.1, -0.05) is 11.8 Å². The number of benzene rings is 1. The molecule has 1 aromatic carbocycles. The maximum atomic E-state index is 11.3. The summed E-state index contributed by atoms with van der Waals surface area (Å²) in [5, 5.41) is 12.8. The SMILES string of the molecule is COc1ccc(/C=N\N2C(=N)SCC2=O)cc1. The summed E-state index contributed by atoms with van der Waals surface area (Å²) in [6, 6.07) is 7.29. The van der Waals surface area contributed by atoms with Crippen LogP contribution in [0, 0.1) is 5.41 Å². The number of carbonyl (C=O) groups is 1. The van der Waals surface area contributed by atoms with Gasteiger partial charge < -0.3 is 4.74 Å².